The number of benzene rings is 1. The lowest BCUT2D eigenvalue weighted by atomic mass is 10.0. The lowest BCUT2D eigenvalue weighted by Gasteiger charge is -2.11. The summed E-state index contributed by atoms with van der Waals surface area (Å²) >= 11 is 0. The van der Waals surface area contributed by atoms with Crippen molar-refractivity contribution in [2.75, 3.05) is 18.4 Å². The third-order valence-electron chi connectivity index (χ3n) is 4.03. The van der Waals surface area contributed by atoms with Gasteiger partial charge in [0, 0.05) is 30.9 Å². The van der Waals surface area contributed by atoms with Gasteiger partial charge in [0.1, 0.15) is 11.9 Å². The van der Waals surface area contributed by atoms with E-state index in [1.165, 1.54) is 6.20 Å². The molecule has 26 heavy (non-hydrogen) atoms. The molecule has 0 bridgehead atoms. The Hall–Kier alpha value is -3.46. The summed E-state index contributed by atoms with van der Waals surface area (Å²) in [6.45, 7) is 4.90. The molecule has 0 unspecified atom stereocenters. The van der Waals surface area contributed by atoms with Gasteiger partial charge in [-0.1, -0.05) is 6.07 Å². The molecule has 2 N–H and O–H groups in total. The van der Waals surface area contributed by atoms with Gasteiger partial charge in [0.25, 0.3) is 5.91 Å². The van der Waals surface area contributed by atoms with Gasteiger partial charge in [0.05, 0.1) is 16.6 Å². The summed E-state index contributed by atoms with van der Waals surface area (Å²) in [5.74, 6) is 0.346. The molecule has 2 heterocycles. The van der Waals surface area contributed by atoms with Gasteiger partial charge in [-0.2, -0.15) is 5.26 Å². The number of nitriles is 1. The highest BCUT2D eigenvalue weighted by molar-refractivity contribution is 5.93. The van der Waals surface area contributed by atoms with Crippen molar-refractivity contribution in [3.63, 3.8) is 0 Å². The van der Waals surface area contributed by atoms with Crippen molar-refractivity contribution in [3.8, 4) is 6.07 Å². The van der Waals surface area contributed by atoms with E-state index in [1.807, 2.05) is 26.0 Å². The van der Waals surface area contributed by atoms with Gasteiger partial charge in [-0.25, -0.2) is 4.98 Å². The number of rotatable bonds is 5. The minimum Gasteiger partial charge on any atom is -0.367 e. The first-order chi connectivity index (χ1) is 12.6. The number of amides is 1. The van der Waals surface area contributed by atoms with Crippen LogP contribution in [0.3, 0.4) is 0 Å². The Morgan fingerprint density at radius 2 is 2.08 bits per heavy atom. The predicted molar refractivity (Wildman–Crippen MR) is 101 cm³/mol. The number of aryl methyl sites for hydroxylation is 2. The van der Waals surface area contributed by atoms with Crippen molar-refractivity contribution in [1.29, 1.82) is 5.26 Å². The van der Waals surface area contributed by atoms with Gasteiger partial charge < -0.3 is 10.6 Å². The molecule has 0 fully saturated rings. The molecule has 6 heteroatoms. The average Bonchev–Trinajstić information content (AvgIpc) is 2.65. The van der Waals surface area contributed by atoms with E-state index < -0.39 is 0 Å². The molecule has 0 aliphatic heterocycles. The third kappa shape index (κ3) is 3.78. The smallest absolute Gasteiger partial charge is 0.252 e. The zero-order valence-electron chi connectivity index (χ0n) is 14.7. The fraction of sp³-hybridized carbons (Fsp3) is 0.200. The van der Waals surface area contributed by atoms with E-state index in [0.29, 0.717) is 30.0 Å². The third-order valence-corrected chi connectivity index (χ3v) is 4.03. The Bertz CT molecular complexity index is 992. The molecule has 1 amide bonds. The SMILES string of the molecule is Cc1cc(C)c2cc(C#N)c(NCCNC(=O)c3cccnc3)nc2c1. The molecule has 3 aromatic rings. The molecule has 3 rings (SSSR count). The maximum atomic E-state index is 12.0. The van der Waals surface area contributed by atoms with Crippen LogP contribution in [-0.2, 0) is 0 Å². The number of nitrogens with zero attached hydrogens (tertiary/aromatic N) is 3. The number of carbonyl (C=O) groups is 1. The second-order valence-electron chi connectivity index (χ2n) is 6.07. The maximum Gasteiger partial charge on any atom is 0.252 e. The van der Waals surface area contributed by atoms with Gasteiger partial charge >= 0.3 is 0 Å². The quantitative estimate of drug-likeness (QED) is 0.694. The number of carbonyl (C=O) groups excluding carboxylic acids is 1. The monoisotopic (exact) mass is 345 g/mol. The number of nitrogens with one attached hydrogen (secondary N) is 2. The Morgan fingerprint density at radius 1 is 1.23 bits per heavy atom. The van der Waals surface area contributed by atoms with Crippen LogP contribution in [0.25, 0.3) is 10.9 Å². The minimum atomic E-state index is -0.182. The van der Waals surface area contributed by atoms with E-state index in [4.69, 9.17) is 0 Å². The molecule has 0 saturated carbocycles. The van der Waals surface area contributed by atoms with E-state index in [-0.39, 0.29) is 5.91 Å². The molecular formula is C20H19N5O. The van der Waals surface area contributed by atoms with Crippen molar-refractivity contribution < 1.29 is 4.79 Å². The van der Waals surface area contributed by atoms with Crippen LogP contribution in [0.5, 0.6) is 0 Å². The first-order valence-corrected chi connectivity index (χ1v) is 8.32. The summed E-state index contributed by atoms with van der Waals surface area (Å²) in [6, 6.07) is 11.5. The minimum absolute atomic E-state index is 0.182. The molecule has 0 saturated heterocycles. The van der Waals surface area contributed by atoms with Gasteiger partial charge in [0.15, 0.2) is 0 Å². The van der Waals surface area contributed by atoms with Crippen molar-refractivity contribution >= 4 is 22.6 Å². The zero-order chi connectivity index (χ0) is 18.5. The molecule has 130 valence electrons. The summed E-state index contributed by atoms with van der Waals surface area (Å²) in [5.41, 5.74) is 4.08. The van der Waals surface area contributed by atoms with Crippen LogP contribution in [0.4, 0.5) is 5.82 Å². The number of fused-ring (bicyclic) bond motifs is 1. The van der Waals surface area contributed by atoms with Gasteiger partial charge in [-0.3, -0.25) is 9.78 Å². The topological polar surface area (TPSA) is 90.7 Å². The normalized spacial score (nSPS) is 10.3. The first kappa shape index (κ1) is 17.4. The molecule has 0 atom stereocenters. The number of aromatic nitrogens is 2. The van der Waals surface area contributed by atoms with E-state index in [2.05, 4.69) is 32.7 Å². The number of pyridine rings is 2. The number of hydrogen-bond donors (Lipinski definition) is 2. The predicted octanol–water partition coefficient (Wildman–Crippen LogP) is 2.96. The van der Waals surface area contributed by atoms with Crippen molar-refractivity contribution in [2.45, 2.75) is 13.8 Å². The van der Waals surface area contributed by atoms with E-state index in [0.717, 1.165) is 22.0 Å². The molecule has 2 aromatic heterocycles. The summed E-state index contributed by atoms with van der Waals surface area (Å²) in [6.07, 6.45) is 3.14. The Balaban J connectivity index is 1.69. The average molecular weight is 345 g/mol. The second-order valence-corrected chi connectivity index (χ2v) is 6.07. The number of hydrogen-bond acceptors (Lipinski definition) is 5. The Kier molecular flexibility index (Phi) is 5.09. The summed E-state index contributed by atoms with van der Waals surface area (Å²) in [4.78, 5) is 20.5. The molecular weight excluding hydrogens is 326 g/mol. The lowest BCUT2D eigenvalue weighted by Crippen LogP contribution is -2.29. The highest BCUT2D eigenvalue weighted by Crippen LogP contribution is 2.24. The van der Waals surface area contributed by atoms with Gasteiger partial charge in [-0.05, 0) is 49.2 Å². The second kappa shape index (κ2) is 7.62. The summed E-state index contributed by atoms with van der Waals surface area (Å²) in [7, 11) is 0. The molecule has 6 nitrogen and oxygen atoms in total. The van der Waals surface area contributed by atoms with E-state index >= 15 is 0 Å². The van der Waals surface area contributed by atoms with Crippen LogP contribution < -0.4 is 10.6 Å². The summed E-state index contributed by atoms with van der Waals surface area (Å²) < 4.78 is 0. The summed E-state index contributed by atoms with van der Waals surface area (Å²) in [5, 5.41) is 16.3. The van der Waals surface area contributed by atoms with Gasteiger partial charge in [-0.15, -0.1) is 0 Å². The molecule has 0 aliphatic rings. The van der Waals surface area contributed by atoms with Crippen LogP contribution in [-0.4, -0.2) is 29.0 Å². The molecule has 0 aliphatic carbocycles. The molecule has 0 radical (unpaired) electrons. The first-order valence-electron chi connectivity index (χ1n) is 8.32. The van der Waals surface area contributed by atoms with Crippen LogP contribution in [0, 0.1) is 25.2 Å². The lowest BCUT2D eigenvalue weighted by molar-refractivity contribution is 0.0955. The van der Waals surface area contributed by atoms with Crippen LogP contribution in [0.2, 0.25) is 0 Å². The fourth-order valence-corrected chi connectivity index (χ4v) is 2.81. The fourth-order valence-electron chi connectivity index (χ4n) is 2.81. The van der Waals surface area contributed by atoms with Crippen LogP contribution >= 0.6 is 0 Å². The van der Waals surface area contributed by atoms with E-state index in [9.17, 15) is 10.1 Å². The standard InChI is InChI=1S/C20H19N5O/c1-13-8-14(2)17-10-16(11-21)19(25-18(17)9-13)23-6-7-24-20(26)15-4-3-5-22-12-15/h3-5,8-10,12H,6-7H2,1-2H3,(H,23,25)(H,24,26). The van der Waals surface area contributed by atoms with Gasteiger partial charge in [0.2, 0.25) is 0 Å². The van der Waals surface area contributed by atoms with Crippen molar-refractivity contribution in [2.24, 2.45) is 0 Å². The van der Waals surface area contributed by atoms with Crippen molar-refractivity contribution in [1.82, 2.24) is 15.3 Å². The zero-order valence-corrected chi connectivity index (χ0v) is 14.7. The van der Waals surface area contributed by atoms with E-state index in [1.54, 1.807) is 18.3 Å². The highest BCUT2D eigenvalue weighted by atomic mass is 16.1. The Morgan fingerprint density at radius 3 is 2.81 bits per heavy atom. The van der Waals surface area contributed by atoms with Crippen molar-refractivity contribution in [3.05, 3.63) is 65.0 Å². The largest absolute Gasteiger partial charge is 0.367 e. The highest BCUT2D eigenvalue weighted by Gasteiger charge is 2.09. The Labute approximate surface area is 151 Å². The maximum absolute atomic E-state index is 12.0. The van der Waals surface area contributed by atoms with Crippen LogP contribution in [0.1, 0.15) is 27.0 Å². The molecule has 1 aromatic carbocycles. The number of anilines is 1. The van der Waals surface area contributed by atoms with Crippen LogP contribution in [0.15, 0.2) is 42.7 Å². The molecule has 0 spiro atoms.